The van der Waals surface area contributed by atoms with Gasteiger partial charge < -0.3 is 10.8 Å². The molecule has 6 heteroatoms. The zero-order chi connectivity index (χ0) is 16.0. The highest BCUT2D eigenvalue weighted by Gasteiger charge is 2.33. The molecule has 118 valence electrons. The smallest absolute Gasteiger partial charge is 0.416 e. The van der Waals surface area contributed by atoms with Gasteiger partial charge in [0, 0.05) is 6.54 Å². The highest BCUT2D eigenvalue weighted by molar-refractivity contribution is 5.70. The predicted molar refractivity (Wildman–Crippen MR) is 73.7 cm³/mol. The van der Waals surface area contributed by atoms with E-state index in [0.29, 0.717) is 6.42 Å². The van der Waals surface area contributed by atoms with Crippen LogP contribution in [0.2, 0.25) is 0 Å². The molecule has 0 aliphatic rings. The lowest BCUT2D eigenvalue weighted by atomic mass is 9.86. The minimum absolute atomic E-state index is 0.00719. The van der Waals surface area contributed by atoms with E-state index in [1.807, 2.05) is 6.92 Å². The largest absolute Gasteiger partial charge is 0.481 e. The van der Waals surface area contributed by atoms with Gasteiger partial charge in [0.05, 0.1) is 11.5 Å². The van der Waals surface area contributed by atoms with Crippen LogP contribution in [0.5, 0.6) is 0 Å². The van der Waals surface area contributed by atoms with Gasteiger partial charge >= 0.3 is 12.1 Å². The number of alkyl halides is 3. The van der Waals surface area contributed by atoms with E-state index in [4.69, 9.17) is 10.8 Å². The molecule has 1 aromatic rings. The van der Waals surface area contributed by atoms with E-state index < -0.39 is 23.6 Å². The van der Waals surface area contributed by atoms with Crippen LogP contribution in [0.1, 0.15) is 30.9 Å². The quantitative estimate of drug-likeness (QED) is 0.812. The van der Waals surface area contributed by atoms with Crippen molar-refractivity contribution in [1.29, 1.82) is 0 Å². The van der Waals surface area contributed by atoms with Crippen LogP contribution in [-0.4, -0.2) is 17.6 Å². The molecule has 0 amide bonds. The number of carboxylic acid groups (broad SMARTS) is 1. The Kier molecular flexibility index (Phi) is 6.20. The second-order valence-electron chi connectivity index (χ2n) is 5.14. The monoisotopic (exact) mass is 303 g/mol. The van der Waals surface area contributed by atoms with Crippen LogP contribution in [0.3, 0.4) is 0 Å². The maximum Gasteiger partial charge on any atom is 0.416 e. The Morgan fingerprint density at radius 1 is 1.33 bits per heavy atom. The van der Waals surface area contributed by atoms with Crippen molar-refractivity contribution in [3.63, 3.8) is 0 Å². The zero-order valence-corrected chi connectivity index (χ0v) is 11.9. The predicted octanol–water partition coefficient (Wildman–Crippen LogP) is 3.32. The molecule has 0 saturated carbocycles. The van der Waals surface area contributed by atoms with Crippen molar-refractivity contribution in [2.75, 3.05) is 6.54 Å². The Morgan fingerprint density at radius 3 is 2.43 bits per heavy atom. The molecular weight excluding hydrogens is 283 g/mol. The SMILES string of the molecule is CCC(Cc1ccccc1C(F)(F)F)CC(CN)C(=O)O. The van der Waals surface area contributed by atoms with Gasteiger partial charge in [-0.1, -0.05) is 31.5 Å². The average molecular weight is 303 g/mol. The van der Waals surface area contributed by atoms with E-state index in [1.165, 1.54) is 12.1 Å². The summed E-state index contributed by atoms with van der Waals surface area (Å²) in [6, 6.07) is 5.42. The minimum atomic E-state index is -4.39. The van der Waals surface area contributed by atoms with Gasteiger partial charge in [0.15, 0.2) is 0 Å². The molecule has 0 heterocycles. The Labute approximate surface area is 122 Å². The first-order valence-electron chi connectivity index (χ1n) is 6.87. The van der Waals surface area contributed by atoms with Gasteiger partial charge in [0.1, 0.15) is 0 Å². The number of carbonyl (C=O) groups is 1. The number of rotatable bonds is 7. The third kappa shape index (κ3) is 5.04. The summed E-state index contributed by atoms with van der Waals surface area (Å²) in [7, 11) is 0. The van der Waals surface area contributed by atoms with Crippen LogP contribution in [0.25, 0.3) is 0 Å². The maximum absolute atomic E-state index is 12.9. The highest BCUT2D eigenvalue weighted by atomic mass is 19.4. The molecule has 0 spiro atoms. The van der Waals surface area contributed by atoms with E-state index in [1.54, 1.807) is 6.07 Å². The highest BCUT2D eigenvalue weighted by Crippen LogP contribution is 2.34. The summed E-state index contributed by atoms with van der Waals surface area (Å²) in [6.07, 6.45) is -3.30. The molecule has 0 radical (unpaired) electrons. The van der Waals surface area contributed by atoms with Gasteiger partial charge in [0.25, 0.3) is 0 Å². The molecule has 2 atom stereocenters. The number of benzene rings is 1. The van der Waals surface area contributed by atoms with Crippen LogP contribution >= 0.6 is 0 Å². The molecular formula is C15H20F3NO2. The fraction of sp³-hybridized carbons (Fsp3) is 0.533. The van der Waals surface area contributed by atoms with Gasteiger partial charge in [-0.15, -0.1) is 0 Å². The summed E-state index contributed by atoms with van der Waals surface area (Å²) < 4.78 is 38.8. The Bertz CT molecular complexity index is 474. The average Bonchev–Trinajstić information content (AvgIpc) is 2.42. The standard InChI is InChI=1S/C15H20F3NO2/c1-2-10(8-12(9-19)14(20)21)7-11-5-3-4-6-13(11)15(16,17)18/h3-6,10,12H,2,7-9,19H2,1H3,(H,20,21). The Balaban J connectivity index is 2.90. The molecule has 1 aromatic carbocycles. The summed E-state index contributed by atoms with van der Waals surface area (Å²) in [6.45, 7) is 1.84. The van der Waals surface area contributed by atoms with Gasteiger partial charge in [-0.05, 0) is 30.4 Å². The van der Waals surface area contributed by atoms with Gasteiger partial charge in [0.2, 0.25) is 0 Å². The van der Waals surface area contributed by atoms with Crippen molar-refractivity contribution in [3.05, 3.63) is 35.4 Å². The summed E-state index contributed by atoms with van der Waals surface area (Å²) >= 11 is 0. The lowest BCUT2D eigenvalue weighted by molar-refractivity contribution is -0.142. The second kappa shape index (κ2) is 7.45. The van der Waals surface area contributed by atoms with Gasteiger partial charge in [-0.3, -0.25) is 4.79 Å². The van der Waals surface area contributed by atoms with Crippen molar-refractivity contribution < 1.29 is 23.1 Å². The number of hydrogen-bond acceptors (Lipinski definition) is 2. The third-order valence-electron chi connectivity index (χ3n) is 3.66. The van der Waals surface area contributed by atoms with Gasteiger partial charge in [-0.2, -0.15) is 13.2 Å². The minimum Gasteiger partial charge on any atom is -0.481 e. The molecule has 21 heavy (non-hydrogen) atoms. The first kappa shape index (κ1) is 17.5. The number of nitrogens with two attached hydrogens (primary N) is 1. The molecule has 3 N–H and O–H groups in total. The van der Waals surface area contributed by atoms with Crippen molar-refractivity contribution in [2.24, 2.45) is 17.6 Å². The molecule has 1 rings (SSSR count). The number of aliphatic carboxylic acids is 1. The normalized spacial score (nSPS) is 14.7. The third-order valence-corrected chi connectivity index (χ3v) is 3.66. The van der Waals surface area contributed by atoms with Crippen LogP contribution in [-0.2, 0) is 17.4 Å². The molecule has 0 aliphatic heterocycles. The van der Waals surface area contributed by atoms with Crippen LogP contribution in [0.15, 0.2) is 24.3 Å². The summed E-state index contributed by atoms with van der Waals surface area (Å²) in [5, 5.41) is 9.01. The molecule has 0 aliphatic carbocycles. The van der Waals surface area contributed by atoms with Gasteiger partial charge in [-0.25, -0.2) is 0 Å². The fourth-order valence-electron chi connectivity index (χ4n) is 2.38. The molecule has 0 aromatic heterocycles. The second-order valence-corrected chi connectivity index (χ2v) is 5.14. The van der Waals surface area contributed by atoms with Crippen molar-refractivity contribution >= 4 is 5.97 Å². The molecule has 0 fully saturated rings. The van der Waals surface area contributed by atoms with Crippen molar-refractivity contribution in [3.8, 4) is 0 Å². The topological polar surface area (TPSA) is 63.3 Å². The first-order valence-corrected chi connectivity index (χ1v) is 6.87. The fourth-order valence-corrected chi connectivity index (χ4v) is 2.38. The molecule has 3 nitrogen and oxygen atoms in total. The molecule has 2 unspecified atom stereocenters. The van der Waals surface area contributed by atoms with Crippen LogP contribution < -0.4 is 5.73 Å². The van der Waals surface area contributed by atoms with Crippen molar-refractivity contribution in [2.45, 2.75) is 32.4 Å². The van der Waals surface area contributed by atoms with E-state index in [9.17, 15) is 18.0 Å². The zero-order valence-electron chi connectivity index (χ0n) is 11.9. The summed E-state index contributed by atoms with van der Waals surface area (Å²) in [5.74, 6) is -1.86. The van der Waals surface area contributed by atoms with Crippen LogP contribution in [0.4, 0.5) is 13.2 Å². The number of halogens is 3. The van der Waals surface area contributed by atoms with E-state index >= 15 is 0 Å². The van der Waals surface area contributed by atoms with E-state index in [0.717, 1.165) is 6.07 Å². The lowest BCUT2D eigenvalue weighted by Crippen LogP contribution is -2.26. The van der Waals surface area contributed by atoms with E-state index in [2.05, 4.69) is 0 Å². The van der Waals surface area contributed by atoms with Crippen molar-refractivity contribution in [1.82, 2.24) is 0 Å². The molecule has 0 bridgehead atoms. The Morgan fingerprint density at radius 2 is 1.95 bits per heavy atom. The number of carboxylic acids is 1. The number of hydrogen-bond donors (Lipinski definition) is 2. The first-order chi connectivity index (χ1) is 9.79. The Hall–Kier alpha value is -1.56. The maximum atomic E-state index is 12.9. The summed E-state index contributed by atoms with van der Waals surface area (Å²) in [5.41, 5.74) is 4.96. The van der Waals surface area contributed by atoms with Crippen LogP contribution in [0, 0.1) is 11.8 Å². The molecule has 0 saturated heterocycles. The lowest BCUT2D eigenvalue weighted by Gasteiger charge is -2.21. The summed E-state index contributed by atoms with van der Waals surface area (Å²) in [4.78, 5) is 11.0. The van der Waals surface area contributed by atoms with E-state index in [-0.39, 0.29) is 30.9 Å².